The van der Waals surface area contributed by atoms with Crippen LogP contribution in [0, 0.1) is 5.92 Å². The van der Waals surface area contributed by atoms with Gasteiger partial charge in [-0.3, -0.25) is 4.90 Å². The number of hydrogen-bond donors (Lipinski definition) is 0. The van der Waals surface area contributed by atoms with E-state index in [0.29, 0.717) is 29.2 Å². The largest absolute Gasteiger partial charge is 0.493 e. The molecular weight excluding hydrogens is 306 g/mol. The quantitative estimate of drug-likeness (QED) is 0.797. The molecule has 0 N–H and O–H groups in total. The Labute approximate surface area is 144 Å². The van der Waals surface area contributed by atoms with Crippen molar-refractivity contribution in [3.8, 4) is 23.0 Å². The molecule has 0 unspecified atom stereocenters. The fraction of sp³-hybridized carbons (Fsp3) is 0.684. The highest BCUT2D eigenvalue weighted by atomic mass is 16.5. The number of fused-ring (bicyclic) bond motifs is 1. The molecule has 0 aromatic heterocycles. The monoisotopic (exact) mass is 335 g/mol. The van der Waals surface area contributed by atoms with E-state index < -0.39 is 0 Å². The average Bonchev–Trinajstić information content (AvgIpc) is 2.65. The van der Waals surface area contributed by atoms with Crippen LogP contribution in [-0.2, 0) is 0 Å². The van der Waals surface area contributed by atoms with E-state index in [1.54, 1.807) is 21.3 Å². The predicted molar refractivity (Wildman–Crippen MR) is 93.5 cm³/mol. The van der Waals surface area contributed by atoms with Crippen molar-refractivity contribution in [3.63, 3.8) is 0 Å². The van der Waals surface area contributed by atoms with Crippen molar-refractivity contribution in [2.24, 2.45) is 5.92 Å². The van der Waals surface area contributed by atoms with Gasteiger partial charge in [-0.15, -0.1) is 0 Å². The topological polar surface area (TPSA) is 40.2 Å². The maximum absolute atomic E-state index is 6.14. The summed E-state index contributed by atoms with van der Waals surface area (Å²) in [4.78, 5) is 2.66. The maximum Gasteiger partial charge on any atom is 0.203 e. The first-order valence-electron chi connectivity index (χ1n) is 8.93. The van der Waals surface area contributed by atoms with Gasteiger partial charge >= 0.3 is 0 Å². The summed E-state index contributed by atoms with van der Waals surface area (Å²) >= 11 is 0. The summed E-state index contributed by atoms with van der Waals surface area (Å²) < 4.78 is 22.3. The minimum absolute atomic E-state index is 0.600. The molecule has 2 atom stereocenters. The lowest BCUT2D eigenvalue weighted by atomic mass is 9.84. The van der Waals surface area contributed by atoms with Gasteiger partial charge in [-0.05, 0) is 38.8 Å². The van der Waals surface area contributed by atoms with Gasteiger partial charge in [-0.1, -0.05) is 6.42 Å². The number of hydrogen-bond acceptors (Lipinski definition) is 5. The van der Waals surface area contributed by atoms with Crippen LogP contribution < -0.4 is 18.9 Å². The van der Waals surface area contributed by atoms with Crippen LogP contribution >= 0.6 is 0 Å². The Morgan fingerprint density at radius 3 is 2.29 bits per heavy atom. The third-order valence-corrected chi connectivity index (χ3v) is 5.33. The molecule has 0 aliphatic carbocycles. The molecule has 2 aliphatic rings. The lowest BCUT2D eigenvalue weighted by molar-refractivity contribution is 0.0365. The molecule has 2 fully saturated rings. The van der Waals surface area contributed by atoms with Crippen molar-refractivity contribution < 1.29 is 18.9 Å². The number of rotatable bonds is 6. The molecule has 1 aromatic carbocycles. The van der Waals surface area contributed by atoms with Crippen LogP contribution in [0.25, 0.3) is 0 Å². The lowest BCUT2D eigenvalue weighted by Gasteiger charge is -2.44. The van der Waals surface area contributed by atoms with Gasteiger partial charge < -0.3 is 18.9 Å². The van der Waals surface area contributed by atoms with Gasteiger partial charge in [0.15, 0.2) is 11.5 Å². The summed E-state index contributed by atoms with van der Waals surface area (Å²) in [5.41, 5.74) is 0. The third-order valence-electron chi connectivity index (χ3n) is 5.33. The number of methoxy groups -OCH3 is 3. The fourth-order valence-corrected chi connectivity index (χ4v) is 4.12. The van der Waals surface area contributed by atoms with E-state index in [1.165, 1.54) is 45.2 Å². The molecule has 0 spiro atoms. The first kappa shape index (κ1) is 17.2. The first-order chi connectivity index (χ1) is 11.8. The molecule has 0 bridgehead atoms. The van der Waals surface area contributed by atoms with Crippen LogP contribution in [0.5, 0.6) is 23.0 Å². The molecule has 0 saturated carbocycles. The maximum atomic E-state index is 6.14. The highest BCUT2D eigenvalue weighted by Crippen LogP contribution is 2.41. The average molecular weight is 335 g/mol. The van der Waals surface area contributed by atoms with Crippen LogP contribution in [0.15, 0.2) is 12.1 Å². The van der Waals surface area contributed by atoms with Gasteiger partial charge in [0.2, 0.25) is 5.75 Å². The number of piperidine rings is 2. The summed E-state index contributed by atoms with van der Waals surface area (Å²) in [6.45, 7) is 3.26. The zero-order chi connectivity index (χ0) is 16.9. The van der Waals surface area contributed by atoms with Gasteiger partial charge in [-0.2, -0.15) is 0 Å². The zero-order valence-corrected chi connectivity index (χ0v) is 15.0. The van der Waals surface area contributed by atoms with Crippen LogP contribution in [-0.4, -0.2) is 52.0 Å². The van der Waals surface area contributed by atoms with Gasteiger partial charge in [0, 0.05) is 24.1 Å². The van der Waals surface area contributed by atoms with E-state index in [1.807, 2.05) is 12.1 Å². The molecule has 134 valence electrons. The Hall–Kier alpha value is -1.62. The Bertz CT molecular complexity index is 521. The van der Waals surface area contributed by atoms with Crippen LogP contribution in [0.1, 0.15) is 32.1 Å². The van der Waals surface area contributed by atoms with Crippen molar-refractivity contribution in [2.45, 2.75) is 38.1 Å². The second kappa shape index (κ2) is 7.97. The van der Waals surface area contributed by atoms with Gasteiger partial charge in [-0.25, -0.2) is 0 Å². The summed E-state index contributed by atoms with van der Waals surface area (Å²) in [5, 5.41) is 0. The molecule has 0 radical (unpaired) electrons. The molecule has 1 aromatic rings. The summed E-state index contributed by atoms with van der Waals surface area (Å²) in [5.74, 6) is 3.25. The van der Waals surface area contributed by atoms with E-state index in [0.717, 1.165) is 12.4 Å². The van der Waals surface area contributed by atoms with Gasteiger partial charge in [0.1, 0.15) is 5.75 Å². The summed E-state index contributed by atoms with van der Waals surface area (Å²) in [7, 11) is 4.87. The van der Waals surface area contributed by atoms with E-state index in [4.69, 9.17) is 18.9 Å². The SMILES string of the molecule is COc1cc(OC[C@@H]2CCCN3CCCC[C@H]23)cc(OC)c1OC. The molecule has 3 rings (SSSR count). The first-order valence-corrected chi connectivity index (χ1v) is 8.93. The molecule has 2 saturated heterocycles. The molecular formula is C19H29NO4. The zero-order valence-electron chi connectivity index (χ0n) is 15.0. The van der Waals surface area contributed by atoms with Crippen molar-refractivity contribution in [1.29, 1.82) is 0 Å². The lowest BCUT2D eigenvalue weighted by Crippen LogP contribution is -2.49. The van der Waals surface area contributed by atoms with Gasteiger partial charge in [0.05, 0.1) is 27.9 Å². The smallest absolute Gasteiger partial charge is 0.203 e. The van der Waals surface area contributed by atoms with E-state index in [-0.39, 0.29) is 0 Å². The van der Waals surface area contributed by atoms with Crippen molar-refractivity contribution in [1.82, 2.24) is 4.90 Å². The minimum Gasteiger partial charge on any atom is -0.493 e. The molecule has 24 heavy (non-hydrogen) atoms. The Kier molecular flexibility index (Phi) is 5.72. The molecule has 2 aliphatic heterocycles. The van der Waals surface area contributed by atoms with Crippen molar-refractivity contribution in [2.75, 3.05) is 41.0 Å². The van der Waals surface area contributed by atoms with Crippen molar-refractivity contribution in [3.05, 3.63) is 12.1 Å². The predicted octanol–water partition coefficient (Wildman–Crippen LogP) is 3.36. The van der Waals surface area contributed by atoms with Crippen LogP contribution in [0.4, 0.5) is 0 Å². The molecule has 0 amide bonds. The molecule has 5 nitrogen and oxygen atoms in total. The van der Waals surface area contributed by atoms with E-state index in [9.17, 15) is 0 Å². The van der Waals surface area contributed by atoms with E-state index >= 15 is 0 Å². The third kappa shape index (κ3) is 3.56. The number of ether oxygens (including phenoxy) is 4. The van der Waals surface area contributed by atoms with Crippen LogP contribution in [0.2, 0.25) is 0 Å². The molecule has 5 heteroatoms. The summed E-state index contributed by atoms with van der Waals surface area (Å²) in [6.07, 6.45) is 6.54. The second-order valence-corrected chi connectivity index (χ2v) is 6.67. The number of nitrogens with zero attached hydrogens (tertiary/aromatic N) is 1. The van der Waals surface area contributed by atoms with Crippen molar-refractivity contribution >= 4 is 0 Å². The second-order valence-electron chi connectivity index (χ2n) is 6.67. The van der Waals surface area contributed by atoms with Crippen LogP contribution in [0.3, 0.4) is 0 Å². The molecule has 2 heterocycles. The standard InChI is InChI=1S/C19H29NO4/c1-21-17-11-15(12-18(22-2)19(17)23-3)24-13-14-7-6-10-20-9-5-4-8-16(14)20/h11-12,14,16H,4-10,13H2,1-3H3/t14-,16+/m0/s1. The van der Waals surface area contributed by atoms with E-state index in [2.05, 4.69) is 4.90 Å². The normalized spacial score (nSPS) is 24.1. The Morgan fingerprint density at radius 2 is 1.62 bits per heavy atom. The Morgan fingerprint density at radius 1 is 0.917 bits per heavy atom. The highest BCUT2D eigenvalue weighted by Gasteiger charge is 2.33. The minimum atomic E-state index is 0.600. The summed E-state index contributed by atoms with van der Waals surface area (Å²) in [6, 6.07) is 4.44. The fourth-order valence-electron chi connectivity index (χ4n) is 4.12. The highest BCUT2D eigenvalue weighted by molar-refractivity contribution is 5.55. The van der Waals surface area contributed by atoms with Gasteiger partial charge in [0.25, 0.3) is 0 Å². The number of benzene rings is 1. The Balaban J connectivity index is 1.69.